The minimum Gasteiger partial charge on any atom is -0.481 e. The molecule has 0 radical (unpaired) electrons. The molecule has 0 fully saturated rings. The summed E-state index contributed by atoms with van der Waals surface area (Å²) in [5.74, 6) is -1.05. The van der Waals surface area contributed by atoms with E-state index in [1.807, 2.05) is 6.92 Å². The molecule has 0 aliphatic heterocycles. The van der Waals surface area contributed by atoms with Gasteiger partial charge in [-0.2, -0.15) is 0 Å². The Kier molecular flexibility index (Phi) is 5.05. The fraction of sp³-hybridized carbons (Fsp3) is 0.364. The van der Waals surface area contributed by atoms with Crippen LogP contribution in [0, 0.1) is 6.92 Å². The maximum Gasteiger partial charge on any atom is 0.306 e. The van der Waals surface area contributed by atoms with Crippen molar-refractivity contribution in [2.75, 3.05) is 11.9 Å². The lowest BCUT2D eigenvalue weighted by molar-refractivity contribution is -0.138. The fourth-order valence-corrected chi connectivity index (χ4v) is 1.73. The number of hydrogen-bond acceptors (Lipinski definition) is 3. The van der Waals surface area contributed by atoms with Crippen molar-refractivity contribution < 1.29 is 15.0 Å². The van der Waals surface area contributed by atoms with Crippen LogP contribution in [-0.4, -0.2) is 28.8 Å². The number of anilines is 1. The molecule has 0 saturated carbocycles. The normalized spacial score (nSPS) is 12.2. The molecular weight excluding hydrogens is 265 g/mol. The summed E-state index contributed by atoms with van der Waals surface area (Å²) in [5, 5.41) is 21.8. The molecule has 0 heterocycles. The van der Waals surface area contributed by atoms with Crippen LogP contribution in [0.25, 0.3) is 0 Å². The third-order valence-electron chi connectivity index (χ3n) is 2.19. The zero-order valence-corrected chi connectivity index (χ0v) is 10.7. The van der Waals surface area contributed by atoms with Crippen molar-refractivity contribution in [3.63, 3.8) is 0 Å². The number of aliphatic hydroxyl groups is 1. The second-order valence-electron chi connectivity index (χ2n) is 3.71. The Morgan fingerprint density at radius 2 is 2.06 bits per heavy atom. The first-order valence-electron chi connectivity index (χ1n) is 4.99. The molecule has 94 valence electrons. The van der Waals surface area contributed by atoms with Crippen molar-refractivity contribution in [3.8, 4) is 0 Å². The van der Waals surface area contributed by atoms with E-state index in [2.05, 4.69) is 5.32 Å². The van der Waals surface area contributed by atoms with Crippen LogP contribution in [0.1, 0.15) is 12.0 Å². The molecule has 3 N–H and O–H groups in total. The Morgan fingerprint density at radius 1 is 1.41 bits per heavy atom. The molecule has 6 heteroatoms. The number of nitrogens with one attached hydrogen (secondary N) is 1. The van der Waals surface area contributed by atoms with E-state index < -0.39 is 12.1 Å². The maximum absolute atomic E-state index is 10.4. The topological polar surface area (TPSA) is 69.6 Å². The molecule has 1 atom stereocenters. The smallest absolute Gasteiger partial charge is 0.306 e. The maximum atomic E-state index is 10.4. The highest BCUT2D eigenvalue weighted by Gasteiger charge is 2.10. The lowest BCUT2D eigenvalue weighted by Gasteiger charge is -2.13. The highest BCUT2D eigenvalue weighted by Crippen LogP contribution is 2.28. The Labute approximate surface area is 109 Å². The molecule has 0 spiro atoms. The Bertz CT molecular complexity index is 423. The Morgan fingerprint density at radius 3 is 2.65 bits per heavy atom. The lowest BCUT2D eigenvalue weighted by atomic mass is 10.2. The molecule has 17 heavy (non-hydrogen) atoms. The van der Waals surface area contributed by atoms with Crippen LogP contribution in [0.2, 0.25) is 10.0 Å². The number of hydrogen-bond donors (Lipinski definition) is 3. The van der Waals surface area contributed by atoms with Crippen LogP contribution in [-0.2, 0) is 4.79 Å². The summed E-state index contributed by atoms with van der Waals surface area (Å²) in [6.07, 6.45) is -1.28. The molecule has 0 amide bonds. The summed E-state index contributed by atoms with van der Waals surface area (Å²) in [6.45, 7) is 1.93. The number of aryl methyl sites for hydroxylation is 1. The van der Waals surface area contributed by atoms with E-state index >= 15 is 0 Å². The van der Waals surface area contributed by atoms with Gasteiger partial charge in [-0.05, 0) is 24.6 Å². The van der Waals surface area contributed by atoms with Gasteiger partial charge in [0.2, 0.25) is 0 Å². The van der Waals surface area contributed by atoms with Gasteiger partial charge >= 0.3 is 5.97 Å². The van der Waals surface area contributed by atoms with Gasteiger partial charge in [0.05, 0.1) is 23.2 Å². The number of carboxylic acids is 1. The quantitative estimate of drug-likeness (QED) is 0.774. The Hall–Kier alpha value is -0.970. The van der Waals surface area contributed by atoms with E-state index in [1.165, 1.54) is 0 Å². The van der Waals surface area contributed by atoms with E-state index in [9.17, 15) is 9.90 Å². The van der Waals surface area contributed by atoms with Crippen molar-refractivity contribution in [2.45, 2.75) is 19.4 Å². The number of rotatable bonds is 5. The van der Waals surface area contributed by atoms with Gasteiger partial charge in [0.1, 0.15) is 0 Å². The van der Waals surface area contributed by atoms with Crippen LogP contribution in [0.5, 0.6) is 0 Å². The predicted molar refractivity (Wildman–Crippen MR) is 67.9 cm³/mol. The van der Waals surface area contributed by atoms with Gasteiger partial charge in [0, 0.05) is 11.6 Å². The molecule has 1 unspecified atom stereocenters. The van der Waals surface area contributed by atoms with E-state index in [1.54, 1.807) is 12.1 Å². The van der Waals surface area contributed by atoms with Crippen LogP contribution in [0.3, 0.4) is 0 Å². The second kappa shape index (κ2) is 6.10. The number of carboxylic acid groups (broad SMARTS) is 1. The first-order chi connectivity index (χ1) is 7.90. The third kappa shape index (κ3) is 4.42. The average molecular weight is 278 g/mol. The van der Waals surface area contributed by atoms with Gasteiger partial charge in [-0.25, -0.2) is 0 Å². The zero-order chi connectivity index (χ0) is 13.0. The van der Waals surface area contributed by atoms with Crippen LogP contribution < -0.4 is 5.32 Å². The number of aliphatic hydroxyl groups excluding tert-OH is 1. The Balaban J connectivity index is 2.63. The molecule has 1 aromatic carbocycles. The van der Waals surface area contributed by atoms with Gasteiger partial charge in [0.25, 0.3) is 0 Å². The van der Waals surface area contributed by atoms with Crippen LogP contribution >= 0.6 is 23.2 Å². The van der Waals surface area contributed by atoms with Gasteiger partial charge in [-0.3, -0.25) is 4.79 Å². The van der Waals surface area contributed by atoms with Gasteiger partial charge < -0.3 is 15.5 Å². The predicted octanol–water partition coefficient (Wildman–Crippen LogP) is 2.55. The minimum absolute atomic E-state index is 0.103. The van der Waals surface area contributed by atoms with Crippen molar-refractivity contribution in [2.24, 2.45) is 0 Å². The highest BCUT2D eigenvalue weighted by molar-refractivity contribution is 6.35. The molecule has 4 nitrogen and oxygen atoms in total. The van der Waals surface area contributed by atoms with Crippen molar-refractivity contribution in [3.05, 3.63) is 27.7 Å². The van der Waals surface area contributed by atoms with Crippen LogP contribution in [0.15, 0.2) is 12.1 Å². The van der Waals surface area contributed by atoms with Gasteiger partial charge in [0.15, 0.2) is 0 Å². The van der Waals surface area contributed by atoms with Crippen molar-refractivity contribution >= 4 is 34.9 Å². The number of aliphatic carboxylic acids is 1. The monoisotopic (exact) mass is 277 g/mol. The molecule has 1 rings (SSSR count). The molecule has 0 bridgehead atoms. The summed E-state index contributed by atoms with van der Waals surface area (Å²) < 4.78 is 0. The zero-order valence-electron chi connectivity index (χ0n) is 9.20. The van der Waals surface area contributed by atoms with E-state index in [4.69, 9.17) is 28.3 Å². The number of benzene rings is 1. The summed E-state index contributed by atoms with van der Waals surface area (Å²) in [7, 11) is 0. The standard InChI is InChI=1S/C11H13Cl2NO3/c1-6-2-9(13)10(4-8(6)12)14-5-7(15)3-11(16)17/h2,4,7,14-15H,3,5H2,1H3,(H,16,17). The van der Waals surface area contributed by atoms with E-state index in [-0.39, 0.29) is 13.0 Å². The van der Waals surface area contributed by atoms with Crippen molar-refractivity contribution in [1.82, 2.24) is 0 Å². The van der Waals surface area contributed by atoms with Gasteiger partial charge in [-0.15, -0.1) is 0 Å². The largest absolute Gasteiger partial charge is 0.481 e. The lowest BCUT2D eigenvalue weighted by Crippen LogP contribution is -2.22. The van der Waals surface area contributed by atoms with Crippen molar-refractivity contribution in [1.29, 1.82) is 0 Å². The molecule has 0 aromatic heterocycles. The third-order valence-corrected chi connectivity index (χ3v) is 2.91. The van der Waals surface area contributed by atoms with Crippen LogP contribution in [0.4, 0.5) is 5.69 Å². The second-order valence-corrected chi connectivity index (χ2v) is 4.53. The SMILES string of the molecule is Cc1cc(Cl)c(NCC(O)CC(=O)O)cc1Cl. The van der Waals surface area contributed by atoms with E-state index in [0.717, 1.165) is 5.56 Å². The van der Waals surface area contributed by atoms with E-state index in [0.29, 0.717) is 15.7 Å². The summed E-state index contributed by atoms with van der Waals surface area (Å²) in [4.78, 5) is 10.4. The average Bonchev–Trinajstić information content (AvgIpc) is 2.20. The van der Waals surface area contributed by atoms with Gasteiger partial charge in [-0.1, -0.05) is 23.2 Å². The number of carbonyl (C=O) groups is 1. The summed E-state index contributed by atoms with van der Waals surface area (Å²) in [5.41, 5.74) is 1.43. The molecule has 1 aromatic rings. The number of halogens is 2. The first-order valence-corrected chi connectivity index (χ1v) is 5.75. The molecule has 0 aliphatic carbocycles. The fourth-order valence-electron chi connectivity index (χ4n) is 1.28. The first kappa shape index (κ1) is 14.1. The summed E-state index contributed by atoms with van der Waals surface area (Å²) >= 11 is 11.9. The molecule has 0 aliphatic rings. The minimum atomic E-state index is -1.05. The molecule has 0 saturated heterocycles. The summed E-state index contributed by atoms with van der Waals surface area (Å²) in [6, 6.07) is 3.35. The highest BCUT2D eigenvalue weighted by atomic mass is 35.5. The molecular formula is C11H13Cl2NO3.